The molecule has 19 heavy (non-hydrogen) atoms. The van der Waals surface area contributed by atoms with E-state index < -0.39 is 17.4 Å². The number of halogens is 3. The molecule has 0 spiro atoms. The summed E-state index contributed by atoms with van der Waals surface area (Å²) < 4.78 is 44.7. The van der Waals surface area contributed by atoms with Crippen LogP contribution in [0.1, 0.15) is 0 Å². The first kappa shape index (κ1) is 13.3. The average molecular weight is 267 g/mol. The summed E-state index contributed by atoms with van der Waals surface area (Å²) in [4.78, 5) is 0. The highest BCUT2D eigenvalue weighted by atomic mass is 19.1. The smallest absolute Gasteiger partial charge is 0.190 e. The van der Waals surface area contributed by atoms with E-state index in [1.165, 1.54) is 12.1 Å². The van der Waals surface area contributed by atoms with Gasteiger partial charge in [-0.3, -0.25) is 0 Å². The lowest BCUT2D eigenvalue weighted by molar-refractivity contribution is 0.297. The summed E-state index contributed by atoms with van der Waals surface area (Å²) in [6.07, 6.45) is 0. The van der Waals surface area contributed by atoms with Gasteiger partial charge in [0.05, 0.1) is 5.69 Å². The Balaban J connectivity index is 1.86. The van der Waals surface area contributed by atoms with Gasteiger partial charge in [0.25, 0.3) is 0 Å². The molecule has 0 radical (unpaired) electrons. The molecule has 0 atom stereocenters. The lowest BCUT2D eigenvalue weighted by Crippen LogP contribution is -2.13. The van der Waals surface area contributed by atoms with Crippen LogP contribution in [0, 0.1) is 17.5 Å². The van der Waals surface area contributed by atoms with Gasteiger partial charge in [-0.25, -0.2) is 13.2 Å². The van der Waals surface area contributed by atoms with Gasteiger partial charge < -0.3 is 10.1 Å². The maximum atomic E-state index is 13.2. The molecule has 2 rings (SSSR count). The standard InChI is InChI=1S/C14H12F3NO/c15-10-4-1-2-7-13(10)18-8-9-19-14-11(16)5-3-6-12(14)17/h1-7,18H,8-9H2. The second-order valence-corrected chi connectivity index (χ2v) is 3.81. The van der Waals surface area contributed by atoms with Crippen LogP contribution in [0.4, 0.5) is 18.9 Å². The topological polar surface area (TPSA) is 21.3 Å². The molecule has 2 aromatic carbocycles. The van der Waals surface area contributed by atoms with Crippen LogP contribution >= 0.6 is 0 Å². The van der Waals surface area contributed by atoms with Crippen LogP contribution in [0.25, 0.3) is 0 Å². The fourth-order valence-corrected chi connectivity index (χ4v) is 1.56. The van der Waals surface area contributed by atoms with Crippen molar-refractivity contribution in [1.29, 1.82) is 0 Å². The van der Waals surface area contributed by atoms with Crippen molar-refractivity contribution in [3.8, 4) is 5.75 Å². The Labute approximate surface area is 108 Å². The molecule has 0 saturated heterocycles. The van der Waals surface area contributed by atoms with E-state index in [0.717, 1.165) is 12.1 Å². The Bertz CT molecular complexity index is 540. The molecule has 100 valence electrons. The summed E-state index contributed by atoms with van der Waals surface area (Å²) in [5.74, 6) is -2.32. The predicted octanol–water partition coefficient (Wildman–Crippen LogP) is 3.59. The van der Waals surface area contributed by atoms with Crippen LogP contribution in [-0.2, 0) is 0 Å². The van der Waals surface area contributed by atoms with Crippen molar-refractivity contribution < 1.29 is 17.9 Å². The maximum Gasteiger partial charge on any atom is 0.190 e. The zero-order valence-electron chi connectivity index (χ0n) is 10.00. The largest absolute Gasteiger partial charge is 0.486 e. The Morgan fingerprint density at radius 2 is 1.47 bits per heavy atom. The monoisotopic (exact) mass is 267 g/mol. The molecule has 0 bridgehead atoms. The molecule has 0 unspecified atom stereocenters. The first-order chi connectivity index (χ1) is 9.18. The van der Waals surface area contributed by atoms with Gasteiger partial charge in [-0.2, -0.15) is 0 Å². The van der Waals surface area contributed by atoms with Crippen LogP contribution < -0.4 is 10.1 Å². The van der Waals surface area contributed by atoms with Gasteiger partial charge >= 0.3 is 0 Å². The van der Waals surface area contributed by atoms with Crippen molar-refractivity contribution in [1.82, 2.24) is 0 Å². The van der Waals surface area contributed by atoms with E-state index in [-0.39, 0.29) is 19.0 Å². The van der Waals surface area contributed by atoms with Crippen LogP contribution in [-0.4, -0.2) is 13.2 Å². The Kier molecular flexibility index (Phi) is 4.28. The lowest BCUT2D eigenvalue weighted by atomic mass is 10.3. The summed E-state index contributed by atoms with van der Waals surface area (Å²) in [6.45, 7) is 0.251. The first-order valence-electron chi connectivity index (χ1n) is 5.73. The van der Waals surface area contributed by atoms with E-state index in [9.17, 15) is 13.2 Å². The summed E-state index contributed by atoms with van der Waals surface area (Å²) in [5.41, 5.74) is 0.320. The SMILES string of the molecule is Fc1ccccc1NCCOc1c(F)cccc1F. The summed E-state index contributed by atoms with van der Waals surface area (Å²) in [6, 6.07) is 9.63. The van der Waals surface area contributed by atoms with E-state index in [2.05, 4.69) is 5.32 Å². The lowest BCUT2D eigenvalue weighted by Gasteiger charge is -2.10. The normalized spacial score (nSPS) is 10.3. The molecule has 0 amide bonds. The molecule has 0 fully saturated rings. The van der Waals surface area contributed by atoms with Crippen molar-refractivity contribution in [3.05, 3.63) is 59.9 Å². The van der Waals surface area contributed by atoms with Crippen LogP contribution in [0.3, 0.4) is 0 Å². The number of para-hydroxylation sites is 2. The fourth-order valence-electron chi connectivity index (χ4n) is 1.56. The molecular formula is C14H12F3NO. The van der Waals surface area contributed by atoms with Gasteiger partial charge in [0.1, 0.15) is 12.4 Å². The minimum atomic E-state index is -0.758. The van der Waals surface area contributed by atoms with Gasteiger partial charge in [-0.05, 0) is 24.3 Å². The van der Waals surface area contributed by atoms with Crippen molar-refractivity contribution >= 4 is 5.69 Å². The van der Waals surface area contributed by atoms with Gasteiger partial charge in [-0.15, -0.1) is 0 Å². The summed E-state index contributed by atoms with van der Waals surface area (Å²) in [7, 11) is 0. The molecule has 2 aromatic rings. The highest BCUT2D eigenvalue weighted by Gasteiger charge is 2.09. The maximum absolute atomic E-state index is 13.2. The molecule has 0 saturated carbocycles. The van der Waals surface area contributed by atoms with Crippen LogP contribution in [0.5, 0.6) is 5.75 Å². The zero-order valence-corrected chi connectivity index (χ0v) is 10.00. The van der Waals surface area contributed by atoms with E-state index >= 15 is 0 Å². The molecule has 5 heteroatoms. The Hall–Kier alpha value is -2.17. The second-order valence-electron chi connectivity index (χ2n) is 3.81. The third-order valence-corrected chi connectivity index (χ3v) is 2.46. The molecule has 0 aliphatic rings. The molecule has 0 aliphatic heterocycles. The van der Waals surface area contributed by atoms with E-state index in [1.807, 2.05) is 0 Å². The fraction of sp³-hybridized carbons (Fsp3) is 0.143. The first-order valence-corrected chi connectivity index (χ1v) is 5.73. The third-order valence-electron chi connectivity index (χ3n) is 2.46. The van der Waals surface area contributed by atoms with E-state index in [4.69, 9.17) is 4.74 Å². The zero-order chi connectivity index (χ0) is 13.7. The number of hydrogen-bond donors (Lipinski definition) is 1. The van der Waals surface area contributed by atoms with Crippen molar-refractivity contribution in [2.45, 2.75) is 0 Å². The molecule has 2 nitrogen and oxygen atoms in total. The van der Waals surface area contributed by atoms with Crippen molar-refractivity contribution in [2.75, 3.05) is 18.5 Å². The summed E-state index contributed by atoms with van der Waals surface area (Å²) >= 11 is 0. The molecule has 0 heterocycles. The minimum Gasteiger partial charge on any atom is -0.486 e. The number of anilines is 1. The Morgan fingerprint density at radius 3 is 2.16 bits per heavy atom. The number of ether oxygens (including phenoxy) is 1. The molecule has 0 aliphatic carbocycles. The van der Waals surface area contributed by atoms with Gasteiger partial charge in [0, 0.05) is 6.54 Å². The van der Waals surface area contributed by atoms with Gasteiger partial charge in [0.15, 0.2) is 17.4 Å². The molecule has 1 N–H and O–H groups in total. The second kappa shape index (κ2) is 6.13. The number of nitrogens with one attached hydrogen (secondary N) is 1. The predicted molar refractivity (Wildman–Crippen MR) is 66.7 cm³/mol. The van der Waals surface area contributed by atoms with E-state index in [0.29, 0.717) is 5.69 Å². The van der Waals surface area contributed by atoms with Crippen molar-refractivity contribution in [3.63, 3.8) is 0 Å². The quantitative estimate of drug-likeness (QED) is 0.836. The van der Waals surface area contributed by atoms with Crippen LogP contribution in [0.2, 0.25) is 0 Å². The number of benzene rings is 2. The van der Waals surface area contributed by atoms with Gasteiger partial charge in [-0.1, -0.05) is 18.2 Å². The van der Waals surface area contributed by atoms with Crippen molar-refractivity contribution in [2.24, 2.45) is 0 Å². The molecular weight excluding hydrogens is 255 g/mol. The highest BCUT2D eigenvalue weighted by molar-refractivity contribution is 5.44. The molecule has 0 aromatic heterocycles. The number of rotatable bonds is 5. The van der Waals surface area contributed by atoms with Gasteiger partial charge in [0.2, 0.25) is 0 Å². The summed E-state index contributed by atoms with van der Waals surface area (Å²) in [5, 5.41) is 2.78. The highest BCUT2D eigenvalue weighted by Crippen LogP contribution is 2.20. The van der Waals surface area contributed by atoms with Crippen LogP contribution in [0.15, 0.2) is 42.5 Å². The minimum absolute atomic E-state index is 0.0200. The van der Waals surface area contributed by atoms with E-state index in [1.54, 1.807) is 18.2 Å². The average Bonchev–Trinajstić information content (AvgIpc) is 2.39. The third kappa shape index (κ3) is 3.40. The number of hydrogen-bond acceptors (Lipinski definition) is 2. The Morgan fingerprint density at radius 1 is 0.842 bits per heavy atom.